The van der Waals surface area contributed by atoms with Crippen molar-refractivity contribution in [2.24, 2.45) is 17.8 Å². The van der Waals surface area contributed by atoms with Gasteiger partial charge in [0.25, 0.3) is 7.42 Å². The van der Waals surface area contributed by atoms with Gasteiger partial charge in [0.15, 0.2) is 0 Å². The third-order valence-electron chi connectivity index (χ3n) is 6.61. The van der Waals surface area contributed by atoms with E-state index in [1.165, 1.54) is 83.5 Å². The minimum absolute atomic E-state index is 0.507. The van der Waals surface area contributed by atoms with E-state index in [9.17, 15) is 0 Å². The molecule has 0 saturated heterocycles. The first-order valence-electron chi connectivity index (χ1n) is 11.0. The molecule has 1 radical (unpaired) electrons. The molecule has 1 nitrogen and oxygen atoms in total. The molecule has 0 aromatic carbocycles. The average Bonchev–Trinajstić information content (AvgIpc) is 2.63. The maximum Gasteiger partial charge on any atom is 0.273 e. The van der Waals surface area contributed by atoms with Crippen molar-refractivity contribution in [3.8, 4) is 0 Å². The summed E-state index contributed by atoms with van der Waals surface area (Å²) in [5.74, 6) is 3.05. The van der Waals surface area contributed by atoms with Gasteiger partial charge in [0.05, 0.1) is 6.10 Å². The van der Waals surface area contributed by atoms with E-state index < -0.39 is 7.42 Å². The lowest BCUT2D eigenvalue weighted by Crippen LogP contribution is -2.28. The summed E-state index contributed by atoms with van der Waals surface area (Å²) < 4.78 is 6.05. The van der Waals surface area contributed by atoms with Crippen LogP contribution in [0.4, 0.5) is 0 Å². The summed E-state index contributed by atoms with van der Waals surface area (Å²) >= 11 is 11.7. The molecule has 2 rings (SSSR count). The molecule has 0 atom stereocenters. The Kier molecular flexibility index (Phi) is 11.5. The molecular weight excluding hydrogens is 367 g/mol. The minimum atomic E-state index is -1.11. The molecule has 25 heavy (non-hydrogen) atoms. The highest BCUT2D eigenvalue weighted by Gasteiger charge is 2.30. The first-order valence-corrected chi connectivity index (χ1v) is 14.7. The van der Waals surface area contributed by atoms with E-state index in [0.717, 1.165) is 36.8 Å². The smallest absolute Gasteiger partial charge is 0.273 e. The maximum atomic E-state index is 6.05. The van der Waals surface area contributed by atoms with Crippen LogP contribution in [0.25, 0.3) is 0 Å². The first kappa shape index (κ1) is 22.1. The molecule has 0 aromatic heterocycles. The fourth-order valence-corrected chi connectivity index (χ4v) is 6.20. The molecule has 2 fully saturated rings. The molecular formula is C21H39Cl2OSi. The van der Waals surface area contributed by atoms with Crippen molar-refractivity contribution in [2.45, 2.75) is 109 Å². The van der Waals surface area contributed by atoms with Gasteiger partial charge in [-0.1, -0.05) is 51.9 Å². The molecule has 0 aliphatic heterocycles. The van der Waals surface area contributed by atoms with E-state index in [0.29, 0.717) is 6.10 Å². The van der Waals surface area contributed by atoms with Crippen molar-refractivity contribution in [1.82, 2.24) is 0 Å². The molecule has 4 heteroatoms. The van der Waals surface area contributed by atoms with Crippen LogP contribution in [-0.4, -0.2) is 20.1 Å². The van der Waals surface area contributed by atoms with Gasteiger partial charge < -0.3 is 4.74 Å². The number of unbranched alkanes of at least 4 members (excludes halogenated alkanes) is 3. The van der Waals surface area contributed by atoms with Gasteiger partial charge in [-0.15, -0.1) is 22.2 Å². The van der Waals surface area contributed by atoms with Crippen molar-refractivity contribution < 1.29 is 4.74 Å². The number of halogens is 2. The summed E-state index contributed by atoms with van der Waals surface area (Å²) in [5.41, 5.74) is 0. The third-order valence-corrected chi connectivity index (χ3v) is 8.47. The van der Waals surface area contributed by atoms with Crippen molar-refractivity contribution in [3.63, 3.8) is 0 Å². The lowest BCUT2D eigenvalue weighted by molar-refractivity contribution is 0.00728. The second-order valence-corrected chi connectivity index (χ2v) is 13.0. The highest BCUT2D eigenvalue weighted by Crippen LogP contribution is 2.41. The zero-order chi connectivity index (χ0) is 17.9. The van der Waals surface area contributed by atoms with E-state index in [1.54, 1.807) is 0 Å². The molecule has 0 heterocycles. The normalized spacial score (nSPS) is 30.7. The van der Waals surface area contributed by atoms with Crippen LogP contribution in [0.5, 0.6) is 0 Å². The van der Waals surface area contributed by atoms with Crippen LogP contribution >= 0.6 is 22.2 Å². The number of ether oxygens (including phenoxy) is 1. The lowest BCUT2D eigenvalue weighted by atomic mass is 9.70. The third kappa shape index (κ3) is 8.99. The van der Waals surface area contributed by atoms with Gasteiger partial charge in [-0.05, 0) is 68.7 Å². The Balaban J connectivity index is 1.53. The molecule has 2 aliphatic carbocycles. The van der Waals surface area contributed by atoms with Crippen LogP contribution in [0.15, 0.2) is 0 Å². The Morgan fingerprint density at radius 3 is 2.04 bits per heavy atom. The minimum Gasteiger partial charge on any atom is -0.378 e. The van der Waals surface area contributed by atoms with Gasteiger partial charge in [-0.2, -0.15) is 0 Å². The highest BCUT2D eigenvalue weighted by molar-refractivity contribution is 7.33. The summed E-state index contributed by atoms with van der Waals surface area (Å²) in [6, 6.07) is 0.949. The Labute approximate surface area is 167 Å². The van der Waals surface area contributed by atoms with Gasteiger partial charge in [-0.25, -0.2) is 0 Å². The predicted octanol–water partition coefficient (Wildman–Crippen LogP) is 7.69. The monoisotopic (exact) mass is 405 g/mol. The predicted molar refractivity (Wildman–Crippen MR) is 113 cm³/mol. The SMILES string of the molecule is CCCCCCC1CCC(C2CCC(OCCC[Si](Cl)Cl)CC2)CC1. The van der Waals surface area contributed by atoms with Crippen molar-refractivity contribution >= 4 is 29.6 Å². The van der Waals surface area contributed by atoms with Crippen molar-refractivity contribution in [3.05, 3.63) is 0 Å². The Morgan fingerprint density at radius 2 is 1.44 bits per heavy atom. The standard InChI is InChI=1S/C21H39Cl2OSi/c1-2-3-4-5-7-18-8-10-19(11-9-18)20-12-14-21(15-13-20)24-16-6-17-25(22)23/h18-21H,2-17H2,1H3. The number of hydrogen-bond acceptors (Lipinski definition) is 1. The molecule has 0 unspecified atom stereocenters. The van der Waals surface area contributed by atoms with Crippen LogP contribution in [0.1, 0.15) is 96.8 Å². The van der Waals surface area contributed by atoms with Crippen LogP contribution in [0.2, 0.25) is 6.04 Å². The van der Waals surface area contributed by atoms with Crippen molar-refractivity contribution in [1.29, 1.82) is 0 Å². The topological polar surface area (TPSA) is 9.23 Å². The van der Waals surface area contributed by atoms with Gasteiger partial charge in [0.1, 0.15) is 0 Å². The van der Waals surface area contributed by atoms with E-state index in [-0.39, 0.29) is 0 Å². The second kappa shape index (κ2) is 13.0. The number of hydrogen-bond donors (Lipinski definition) is 0. The Hall–Kier alpha value is 0.757. The summed E-state index contributed by atoms with van der Waals surface area (Å²) in [6.45, 7) is 3.16. The van der Waals surface area contributed by atoms with Gasteiger partial charge in [0, 0.05) is 6.61 Å². The fourth-order valence-electron chi connectivity index (χ4n) is 4.99. The summed E-state index contributed by atoms with van der Waals surface area (Å²) in [5, 5.41) is 0. The summed E-state index contributed by atoms with van der Waals surface area (Å²) in [6.07, 6.45) is 20.1. The molecule has 147 valence electrons. The van der Waals surface area contributed by atoms with Crippen LogP contribution < -0.4 is 0 Å². The maximum absolute atomic E-state index is 6.05. The molecule has 0 amide bonds. The first-order chi connectivity index (χ1) is 12.2. The Morgan fingerprint density at radius 1 is 0.800 bits per heavy atom. The Bertz CT molecular complexity index is 324. The summed E-state index contributed by atoms with van der Waals surface area (Å²) in [7, 11) is -1.11. The molecule has 2 saturated carbocycles. The van der Waals surface area contributed by atoms with Crippen LogP contribution in [0, 0.1) is 17.8 Å². The molecule has 0 bridgehead atoms. The zero-order valence-corrected chi connectivity index (χ0v) is 18.8. The largest absolute Gasteiger partial charge is 0.378 e. The molecule has 0 aromatic rings. The quantitative estimate of drug-likeness (QED) is 0.194. The fraction of sp³-hybridized carbons (Fsp3) is 1.00. The molecule has 0 N–H and O–H groups in total. The average molecular weight is 407 g/mol. The van der Waals surface area contributed by atoms with Crippen LogP contribution in [0.3, 0.4) is 0 Å². The van der Waals surface area contributed by atoms with E-state index in [2.05, 4.69) is 6.92 Å². The number of rotatable bonds is 11. The second-order valence-electron chi connectivity index (χ2n) is 8.48. The van der Waals surface area contributed by atoms with Gasteiger partial charge in [0.2, 0.25) is 0 Å². The van der Waals surface area contributed by atoms with Crippen molar-refractivity contribution in [2.75, 3.05) is 6.61 Å². The zero-order valence-electron chi connectivity index (χ0n) is 16.3. The highest BCUT2D eigenvalue weighted by atomic mass is 35.7. The van der Waals surface area contributed by atoms with E-state index >= 15 is 0 Å². The summed E-state index contributed by atoms with van der Waals surface area (Å²) in [4.78, 5) is 0. The molecule has 0 spiro atoms. The van der Waals surface area contributed by atoms with E-state index in [1.807, 2.05) is 0 Å². The van der Waals surface area contributed by atoms with Gasteiger partial charge >= 0.3 is 0 Å². The van der Waals surface area contributed by atoms with Gasteiger partial charge in [-0.3, -0.25) is 0 Å². The lowest BCUT2D eigenvalue weighted by Gasteiger charge is -2.38. The van der Waals surface area contributed by atoms with E-state index in [4.69, 9.17) is 26.9 Å². The molecule has 2 aliphatic rings. The van der Waals surface area contributed by atoms with Crippen LogP contribution in [-0.2, 0) is 4.74 Å².